The van der Waals surface area contributed by atoms with Crippen LogP contribution in [-0.2, 0) is 26.1 Å². The Labute approximate surface area is 199 Å². The van der Waals surface area contributed by atoms with Gasteiger partial charge in [-0.05, 0) is 45.1 Å². The highest BCUT2D eigenvalue weighted by atomic mass is 79.9. The Morgan fingerprint density at radius 3 is 2.19 bits per heavy atom. The predicted octanol–water partition coefficient (Wildman–Crippen LogP) is 6.37. The molecule has 1 saturated heterocycles. The molecule has 1 unspecified atom stereocenters. The number of alkyl halides is 1. The van der Waals surface area contributed by atoms with Crippen molar-refractivity contribution in [3.63, 3.8) is 0 Å². The zero-order valence-corrected chi connectivity index (χ0v) is 20.8. The summed E-state index contributed by atoms with van der Waals surface area (Å²) in [6, 6.07) is 17.4. The maximum Gasteiger partial charge on any atom is 0.529 e. The molecule has 2 aromatic rings. The van der Waals surface area contributed by atoms with E-state index in [1.807, 2.05) is 75.4 Å². The molecule has 1 aliphatic rings. The van der Waals surface area contributed by atoms with Crippen molar-refractivity contribution in [2.24, 2.45) is 5.92 Å². The summed E-state index contributed by atoms with van der Waals surface area (Å²) in [7, 11) is 0. The first kappa shape index (κ1) is 24.6. The van der Waals surface area contributed by atoms with Gasteiger partial charge >= 0.3 is 12.0 Å². The molecule has 0 N–H and O–H groups in total. The second kappa shape index (κ2) is 10.7. The van der Waals surface area contributed by atoms with Crippen LogP contribution in [-0.4, -0.2) is 30.8 Å². The number of halogens is 1. The number of hydrogen-bond donors (Lipinski definition) is 0. The summed E-state index contributed by atoms with van der Waals surface area (Å²) < 4.78 is 10.9. The first-order chi connectivity index (χ1) is 15.2. The highest BCUT2D eigenvalue weighted by Gasteiger charge is 2.50. The van der Waals surface area contributed by atoms with Gasteiger partial charge in [-0.2, -0.15) is 4.79 Å². The molecule has 0 radical (unpaired) electrons. The minimum Gasteiger partial charge on any atom is -0.414 e. The van der Waals surface area contributed by atoms with Crippen molar-refractivity contribution in [2.75, 3.05) is 13.2 Å². The minimum absolute atomic E-state index is 0.137. The summed E-state index contributed by atoms with van der Waals surface area (Å²) in [5.74, 6) is 0.0652. The summed E-state index contributed by atoms with van der Waals surface area (Å²) in [5, 5.41) is 0.703. The maximum atomic E-state index is 14.0. The molecule has 0 spiro atoms. The van der Waals surface area contributed by atoms with Crippen molar-refractivity contribution in [2.45, 2.75) is 57.5 Å². The Balaban J connectivity index is 2.10. The van der Waals surface area contributed by atoms with Crippen LogP contribution in [0.3, 0.4) is 0 Å². The van der Waals surface area contributed by atoms with E-state index in [1.54, 1.807) is 0 Å². The molecule has 0 aliphatic carbocycles. The number of ether oxygens (including phenoxy) is 2. The van der Waals surface area contributed by atoms with Gasteiger partial charge in [-0.15, -0.1) is 4.48 Å². The molecule has 6 heteroatoms. The molecule has 2 aromatic carbocycles. The molecule has 3 rings (SSSR count). The van der Waals surface area contributed by atoms with E-state index in [1.165, 1.54) is 0 Å². The van der Waals surface area contributed by atoms with Crippen molar-refractivity contribution < 1.29 is 19.1 Å². The number of amides is 2. The summed E-state index contributed by atoms with van der Waals surface area (Å²) in [5.41, 5.74) is 1.90. The molecule has 0 saturated carbocycles. The first-order valence-electron chi connectivity index (χ1n) is 11.2. The topological polar surface area (TPSA) is 52.6 Å². The van der Waals surface area contributed by atoms with Crippen molar-refractivity contribution in [3.05, 3.63) is 65.7 Å². The lowest BCUT2D eigenvalue weighted by Crippen LogP contribution is -2.59. The molecule has 1 fully saturated rings. The van der Waals surface area contributed by atoms with Crippen molar-refractivity contribution in [1.82, 2.24) is 4.48 Å². The molecular formula is C26H33BrNO4+. The number of hydrogen-bond acceptors (Lipinski definition) is 4. The highest BCUT2D eigenvalue weighted by molar-refractivity contribution is 9.08. The Morgan fingerprint density at radius 1 is 1.00 bits per heavy atom. The number of benzene rings is 2. The average molecular weight is 503 g/mol. The third kappa shape index (κ3) is 6.06. The van der Waals surface area contributed by atoms with Gasteiger partial charge in [-0.3, -0.25) is 0 Å². The summed E-state index contributed by atoms with van der Waals surface area (Å²) in [4.78, 5) is 27.9. The largest absolute Gasteiger partial charge is 0.529 e. The van der Waals surface area contributed by atoms with Gasteiger partial charge in [0.2, 0.25) is 0 Å². The Bertz CT molecular complexity index is 902. The van der Waals surface area contributed by atoms with Crippen LogP contribution in [0.4, 0.5) is 10.5 Å². The molecule has 1 atom stereocenters. The minimum atomic E-state index is -0.716. The van der Waals surface area contributed by atoms with Crippen LogP contribution in [0.25, 0.3) is 0 Å². The zero-order valence-electron chi connectivity index (χ0n) is 19.2. The summed E-state index contributed by atoms with van der Waals surface area (Å²) >= 11 is 3.47. The third-order valence-corrected chi connectivity index (χ3v) is 6.38. The Hall–Kier alpha value is -2.02. The molecule has 5 nitrogen and oxygen atoms in total. The van der Waals surface area contributed by atoms with Crippen LogP contribution in [0.2, 0.25) is 0 Å². The fourth-order valence-corrected chi connectivity index (χ4v) is 4.36. The summed E-state index contributed by atoms with van der Waals surface area (Å²) in [6.07, 6.45) is 1.43. The molecule has 0 bridgehead atoms. The second-order valence-corrected chi connectivity index (χ2v) is 9.95. The van der Waals surface area contributed by atoms with Crippen LogP contribution >= 0.6 is 15.9 Å². The lowest BCUT2D eigenvalue weighted by molar-refractivity contribution is -0.131. The lowest BCUT2D eigenvalue weighted by atomic mass is 9.94. The van der Waals surface area contributed by atoms with Crippen LogP contribution in [0.1, 0.15) is 51.2 Å². The van der Waals surface area contributed by atoms with Crippen molar-refractivity contribution in [3.8, 4) is 0 Å². The van der Waals surface area contributed by atoms with Gasteiger partial charge in [-0.25, -0.2) is 4.79 Å². The number of rotatable bonds is 6. The second-order valence-electron chi connectivity index (χ2n) is 9.39. The van der Waals surface area contributed by atoms with Gasteiger partial charge in [0.1, 0.15) is 12.1 Å². The van der Waals surface area contributed by atoms with E-state index in [-0.39, 0.29) is 18.4 Å². The van der Waals surface area contributed by atoms with Crippen LogP contribution in [0.15, 0.2) is 54.6 Å². The fraction of sp³-hybridized carbons (Fsp3) is 0.462. The monoisotopic (exact) mass is 502 g/mol. The Morgan fingerprint density at radius 2 is 1.62 bits per heavy atom. The Kier molecular flexibility index (Phi) is 8.26. The number of imide groups is 1. The molecule has 32 heavy (non-hydrogen) atoms. The van der Waals surface area contributed by atoms with Gasteiger partial charge in [0.15, 0.2) is 5.69 Å². The lowest BCUT2D eigenvalue weighted by Gasteiger charge is -2.35. The molecule has 1 heterocycles. The van der Waals surface area contributed by atoms with E-state index in [9.17, 15) is 9.59 Å². The van der Waals surface area contributed by atoms with Crippen LogP contribution in [0.5, 0.6) is 0 Å². The number of carbonyl (C=O) groups excluding carboxylic acids is 2. The van der Waals surface area contributed by atoms with E-state index < -0.39 is 16.2 Å². The molecule has 2 amide bonds. The van der Waals surface area contributed by atoms with E-state index in [2.05, 4.69) is 15.9 Å². The molecule has 0 aromatic heterocycles. The maximum absolute atomic E-state index is 14.0. The smallest absolute Gasteiger partial charge is 0.414 e. The SMILES string of the molecule is CC(C)(C)OC(=O)[N+](Cc1ccccc1)(C(=O)CC1CCOCC1)c1ccc(CBr)cc1. The first-order valence-corrected chi connectivity index (χ1v) is 12.3. The highest BCUT2D eigenvalue weighted by Crippen LogP contribution is 2.34. The van der Waals surface area contributed by atoms with E-state index in [0.717, 1.165) is 24.0 Å². The fourth-order valence-electron chi connectivity index (χ4n) is 3.99. The molecule has 1 aliphatic heterocycles. The van der Waals surface area contributed by atoms with E-state index in [4.69, 9.17) is 9.47 Å². The number of nitrogens with zero attached hydrogens (tertiary/aromatic N) is 1. The molecule has 172 valence electrons. The number of quaternary nitrogens is 1. The predicted molar refractivity (Wildman–Crippen MR) is 130 cm³/mol. The van der Waals surface area contributed by atoms with Crippen LogP contribution in [0, 0.1) is 5.92 Å². The van der Waals surface area contributed by atoms with Gasteiger partial charge in [-0.1, -0.05) is 58.4 Å². The number of carbonyl (C=O) groups is 2. The standard InChI is InChI=1S/C26H33BrNO4/c1-26(2,3)32-25(30)28(19-22-7-5-4-6-8-22,23-11-9-21(18-27)10-12-23)24(29)17-20-13-15-31-16-14-20/h4-12,20H,13-19H2,1-3H3/q+1. The third-order valence-electron chi connectivity index (χ3n) is 5.73. The normalized spacial score (nSPS) is 16.9. The van der Waals surface area contributed by atoms with Crippen LogP contribution < -0.4 is 4.48 Å². The van der Waals surface area contributed by atoms with E-state index >= 15 is 0 Å². The molecular weight excluding hydrogens is 470 g/mol. The quantitative estimate of drug-likeness (QED) is 0.340. The van der Waals surface area contributed by atoms with Gasteiger partial charge in [0, 0.05) is 36.2 Å². The van der Waals surface area contributed by atoms with E-state index in [0.29, 0.717) is 30.7 Å². The van der Waals surface area contributed by atoms with Gasteiger partial charge in [0.25, 0.3) is 0 Å². The van der Waals surface area contributed by atoms with Gasteiger partial charge < -0.3 is 9.47 Å². The average Bonchev–Trinajstić information content (AvgIpc) is 2.77. The van der Waals surface area contributed by atoms with Crippen molar-refractivity contribution >= 4 is 33.6 Å². The van der Waals surface area contributed by atoms with Gasteiger partial charge in [0.05, 0.1) is 6.42 Å². The van der Waals surface area contributed by atoms with Crippen molar-refractivity contribution in [1.29, 1.82) is 0 Å². The zero-order chi connectivity index (χ0) is 23.2. The summed E-state index contributed by atoms with van der Waals surface area (Å²) in [6.45, 7) is 7.02.